The van der Waals surface area contributed by atoms with E-state index in [0.29, 0.717) is 34.3 Å². The van der Waals surface area contributed by atoms with Gasteiger partial charge in [0.15, 0.2) is 11.9 Å². The number of pyridine rings is 1. The van der Waals surface area contributed by atoms with Gasteiger partial charge in [-0.05, 0) is 67.6 Å². The predicted octanol–water partition coefficient (Wildman–Crippen LogP) is 14.3. The summed E-state index contributed by atoms with van der Waals surface area (Å²) in [4.78, 5) is 15.0. The zero-order valence-electron chi connectivity index (χ0n) is 37.3. The van der Waals surface area contributed by atoms with E-state index in [1.165, 1.54) is 5.56 Å². The number of aromatic nitrogens is 3. The zero-order valence-corrected chi connectivity index (χ0v) is 38.0. The molecule has 2 aromatic heterocycles. The van der Waals surface area contributed by atoms with E-state index < -0.39 is 11.7 Å². The van der Waals surface area contributed by atoms with E-state index in [1.54, 1.807) is 0 Å². The molecule has 3 saturated heterocycles. The topological polar surface area (TPSA) is 57.1 Å². The van der Waals surface area contributed by atoms with E-state index in [9.17, 15) is 0 Å². The maximum absolute atomic E-state index is 7.70. The van der Waals surface area contributed by atoms with Crippen LogP contribution in [0.2, 0.25) is 5.15 Å². The normalized spacial score (nSPS) is 19.7. The molecule has 0 spiro atoms. The summed E-state index contributed by atoms with van der Waals surface area (Å²) in [5.74, 6) is 2.69. The summed E-state index contributed by atoms with van der Waals surface area (Å²) in [6, 6.07) is 56.9. The standard InChI is InChI=1S/C58H54ClN4O2/c1-5-40-38-63(37-39-34-48(41-20-10-6-11-21-41)53(65-58(2,3)4)49(35-39)42-22-12-7-13-23-42)33-31-45(40)36-51(63)54(47-30-32-60-50-29-19-18-28-46(47)50)64-57-52(43-24-14-8-15-25-43)55(59)61-56(62-57)44-26-16-9-17-27-44/h5-30,32,34-35,40,45,51,54H,1,31,33,36-38H2,2-4H3/q+1/t40-,45-,51+,54-,63+/m0/s1. The monoisotopic (exact) mass is 873 g/mol. The first-order valence-corrected chi connectivity index (χ1v) is 23.2. The zero-order chi connectivity index (χ0) is 44.5. The van der Waals surface area contributed by atoms with Crippen LogP contribution in [0.1, 0.15) is 50.8 Å². The van der Waals surface area contributed by atoms with E-state index in [2.05, 4.69) is 137 Å². The van der Waals surface area contributed by atoms with Gasteiger partial charge in [0.1, 0.15) is 29.1 Å². The molecular formula is C58H54ClN4O2+. The maximum Gasteiger partial charge on any atom is 0.227 e. The first-order valence-electron chi connectivity index (χ1n) is 22.8. The molecule has 3 aliphatic rings. The molecule has 3 aliphatic heterocycles. The van der Waals surface area contributed by atoms with Gasteiger partial charge in [-0.2, -0.15) is 4.98 Å². The third-order valence-corrected chi connectivity index (χ3v) is 13.7. The number of rotatable bonds is 12. The van der Waals surface area contributed by atoms with Gasteiger partial charge in [-0.25, -0.2) is 4.98 Å². The van der Waals surface area contributed by atoms with Crippen LogP contribution in [0, 0.1) is 11.8 Å². The van der Waals surface area contributed by atoms with Crippen molar-refractivity contribution in [1.82, 2.24) is 15.0 Å². The number of fused-ring (bicyclic) bond motifs is 4. The van der Waals surface area contributed by atoms with Gasteiger partial charge in [0.05, 0.1) is 24.2 Å². The highest BCUT2D eigenvalue weighted by Gasteiger charge is 2.55. The van der Waals surface area contributed by atoms with Crippen molar-refractivity contribution in [2.24, 2.45) is 11.8 Å². The molecule has 8 aromatic rings. The third kappa shape index (κ3) is 8.57. The molecule has 0 N–H and O–H groups in total. The predicted molar refractivity (Wildman–Crippen MR) is 265 cm³/mol. The minimum absolute atomic E-state index is 0.0270. The van der Waals surface area contributed by atoms with Crippen molar-refractivity contribution in [2.75, 3.05) is 13.1 Å². The number of benzene rings is 6. The molecule has 0 amide bonds. The van der Waals surface area contributed by atoms with Crippen molar-refractivity contribution >= 4 is 22.5 Å². The van der Waals surface area contributed by atoms with E-state index in [-0.39, 0.29) is 6.04 Å². The van der Waals surface area contributed by atoms with Crippen LogP contribution in [-0.2, 0) is 6.54 Å². The molecule has 5 heterocycles. The van der Waals surface area contributed by atoms with Crippen LogP contribution in [0.15, 0.2) is 183 Å². The highest BCUT2D eigenvalue weighted by Crippen LogP contribution is 2.51. The molecule has 324 valence electrons. The lowest BCUT2D eigenvalue weighted by atomic mass is 9.71. The molecule has 3 fully saturated rings. The van der Waals surface area contributed by atoms with Crippen LogP contribution in [0.5, 0.6) is 11.6 Å². The highest BCUT2D eigenvalue weighted by atomic mass is 35.5. The molecule has 0 unspecified atom stereocenters. The molecule has 2 bridgehead atoms. The van der Waals surface area contributed by atoms with Crippen LogP contribution in [0.3, 0.4) is 0 Å². The smallest absolute Gasteiger partial charge is 0.227 e. The van der Waals surface area contributed by atoms with E-state index in [1.807, 2.05) is 66.9 Å². The molecule has 6 aromatic carbocycles. The fraction of sp³-hybridized carbons (Fsp3) is 0.224. The Balaban J connectivity index is 1.18. The number of quaternary nitrogens is 1. The van der Waals surface area contributed by atoms with E-state index >= 15 is 0 Å². The second kappa shape index (κ2) is 17.8. The summed E-state index contributed by atoms with van der Waals surface area (Å²) in [5, 5.41) is 1.41. The van der Waals surface area contributed by atoms with Gasteiger partial charge in [0.25, 0.3) is 0 Å². The number of piperidine rings is 3. The first-order chi connectivity index (χ1) is 31.7. The number of hydrogen-bond acceptors (Lipinski definition) is 5. The Morgan fingerprint density at radius 3 is 1.94 bits per heavy atom. The Morgan fingerprint density at radius 2 is 1.32 bits per heavy atom. The largest absolute Gasteiger partial charge is 0.487 e. The number of hydrogen-bond donors (Lipinski definition) is 0. The quantitative estimate of drug-likeness (QED) is 0.0695. The number of nitrogens with zero attached hydrogens (tertiary/aromatic N) is 4. The average Bonchev–Trinajstić information content (AvgIpc) is 3.34. The lowest BCUT2D eigenvalue weighted by Gasteiger charge is -2.58. The average molecular weight is 875 g/mol. The third-order valence-electron chi connectivity index (χ3n) is 13.4. The van der Waals surface area contributed by atoms with Crippen LogP contribution in [-0.4, -0.2) is 44.2 Å². The van der Waals surface area contributed by atoms with Crippen molar-refractivity contribution in [2.45, 2.75) is 57.9 Å². The SMILES string of the molecule is C=C[C@H]1C[N@+]2(Cc3cc(-c4ccccc4)c(OC(C)(C)C)c(-c4ccccc4)c3)CC[C@H]1C[C@@H]2[C@@H](Oc1nc(-c2ccccc2)nc(Cl)c1-c1ccccc1)c1ccnc2ccccc12. The Labute approximate surface area is 387 Å². The van der Waals surface area contributed by atoms with Gasteiger partial charge in [-0.3, -0.25) is 4.98 Å². The van der Waals surface area contributed by atoms with Gasteiger partial charge in [-0.1, -0.05) is 157 Å². The lowest BCUT2D eigenvalue weighted by molar-refractivity contribution is -0.984. The van der Waals surface area contributed by atoms with Crippen molar-refractivity contribution in [3.8, 4) is 56.4 Å². The molecule has 0 radical (unpaired) electrons. The fourth-order valence-corrected chi connectivity index (χ4v) is 10.8. The summed E-state index contributed by atoms with van der Waals surface area (Å²) in [7, 11) is 0. The van der Waals surface area contributed by atoms with Crippen LogP contribution in [0.25, 0.3) is 55.7 Å². The molecular weight excluding hydrogens is 820 g/mol. The lowest BCUT2D eigenvalue weighted by Crippen LogP contribution is -2.68. The summed E-state index contributed by atoms with van der Waals surface area (Å²) in [6.45, 7) is 13.5. The van der Waals surface area contributed by atoms with Gasteiger partial charge >= 0.3 is 0 Å². The molecule has 0 aliphatic carbocycles. The summed E-state index contributed by atoms with van der Waals surface area (Å²) in [5.41, 5.74) is 9.69. The Morgan fingerprint density at radius 1 is 0.738 bits per heavy atom. The van der Waals surface area contributed by atoms with E-state index in [0.717, 1.165) is 92.6 Å². The Bertz CT molecular complexity index is 2890. The minimum Gasteiger partial charge on any atom is -0.487 e. The Kier molecular flexibility index (Phi) is 11.6. The minimum atomic E-state index is -0.431. The van der Waals surface area contributed by atoms with Crippen molar-refractivity contribution in [3.05, 3.63) is 199 Å². The summed E-state index contributed by atoms with van der Waals surface area (Å²) in [6.07, 6.45) is 5.75. The van der Waals surface area contributed by atoms with Gasteiger partial charge in [0, 0.05) is 58.2 Å². The number of para-hydroxylation sites is 1. The Hall–Kier alpha value is -6.60. The maximum atomic E-state index is 7.70. The van der Waals surface area contributed by atoms with Crippen LogP contribution in [0.4, 0.5) is 0 Å². The second-order valence-corrected chi connectivity index (χ2v) is 19.1. The van der Waals surface area contributed by atoms with Crippen molar-refractivity contribution in [1.29, 1.82) is 0 Å². The highest BCUT2D eigenvalue weighted by molar-refractivity contribution is 6.32. The van der Waals surface area contributed by atoms with Gasteiger partial charge in [-0.15, -0.1) is 6.58 Å². The molecule has 5 atom stereocenters. The fourth-order valence-electron chi connectivity index (χ4n) is 10.5. The molecule has 6 nitrogen and oxygen atoms in total. The van der Waals surface area contributed by atoms with Crippen LogP contribution >= 0.6 is 11.6 Å². The van der Waals surface area contributed by atoms with Crippen LogP contribution < -0.4 is 9.47 Å². The summed E-state index contributed by atoms with van der Waals surface area (Å²) >= 11 is 7.28. The number of halogens is 1. The van der Waals surface area contributed by atoms with Crippen molar-refractivity contribution in [3.63, 3.8) is 0 Å². The van der Waals surface area contributed by atoms with Gasteiger partial charge < -0.3 is 14.0 Å². The first kappa shape index (κ1) is 42.4. The van der Waals surface area contributed by atoms with Crippen molar-refractivity contribution < 1.29 is 14.0 Å². The molecule has 65 heavy (non-hydrogen) atoms. The second-order valence-electron chi connectivity index (χ2n) is 18.7. The molecule has 0 saturated carbocycles. The summed E-state index contributed by atoms with van der Waals surface area (Å²) < 4.78 is 15.5. The number of ether oxygens (including phenoxy) is 2. The molecule has 7 heteroatoms. The molecule has 11 rings (SSSR count). The van der Waals surface area contributed by atoms with Gasteiger partial charge in [0.2, 0.25) is 5.88 Å². The van der Waals surface area contributed by atoms with E-state index in [4.69, 9.17) is 36.0 Å².